The number of aromatic amines is 1. The highest BCUT2D eigenvalue weighted by atomic mass is 16.2. The Kier molecular flexibility index (Phi) is 5.61. The van der Waals surface area contributed by atoms with Gasteiger partial charge in [0, 0.05) is 38.4 Å². The molecule has 8 nitrogen and oxygen atoms in total. The molecule has 3 N–H and O–H groups in total. The third kappa shape index (κ3) is 4.79. The molecule has 0 spiro atoms. The van der Waals surface area contributed by atoms with Crippen LogP contribution >= 0.6 is 0 Å². The highest BCUT2D eigenvalue weighted by molar-refractivity contribution is 5.94. The summed E-state index contributed by atoms with van der Waals surface area (Å²) in [5.41, 5.74) is 1.17. The van der Waals surface area contributed by atoms with Crippen LogP contribution in [0.3, 0.4) is 0 Å². The molecule has 2 amide bonds. The highest BCUT2D eigenvalue weighted by Gasteiger charge is 2.14. The van der Waals surface area contributed by atoms with Gasteiger partial charge in [-0.2, -0.15) is 5.10 Å². The lowest BCUT2D eigenvalue weighted by Crippen LogP contribution is -2.26. The van der Waals surface area contributed by atoms with E-state index < -0.39 is 0 Å². The number of rotatable bonds is 7. The molecule has 0 aromatic carbocycles. The number of H-pyrrole nitrogens is 1. The molecule has 132 valence electrons. The fourth-order valence-corrected chi connectivity index (χ4v) is 2.75. The van der Waals surface area contributed by atoms with Gasteiger partial charge >= 0.3 is 0 Å². The second-order valence-electron chi connectivity index (χ2n) is 5.99. The van der Waals surface area contributed by atoms with E-state index in [-0.39, 0.29) is 11.8 Å². The number of nitrogens with one attached hydrogen (secondary N) is 3. The molecule has 2 aromatic heterocycles. The quantitative estimate of drug-likeness (QED) is 0.663. The first kappa shape index (κ1) is 16.9. The third-order valence-corrected chi connectivity index (χ3v) is 4.09. The Hall–Kier alpha value is -2.90. The van der Waals surface area contributed by atoms with Crippen molar-refractivity contribution in [2.75, 3.05) is 29.9 Å². The van der Waals surface area contributed by atoms with Crippen molar-refractivity contribution in [1.82, 2.24) is 20.5 Å². The SMILES string of the molecule is O=C(CCCNC(=O)c1ccc(N2CCCC2)nc1)Nc1cn[nH]c1. The van der Waals surface area contributed by atoms with Crippen LogP contribution in [-0.2, 0) is 4.79 Å². The molecule has 2 aromatic rings. The Bertz CT molecular complexity index is 692. The van der Waals surface area contributed by atoms with E-state index in [9.17, 15) is 9.59 Å². The minimum atomic E-state index is -0.171. The van der Waals surface area contributed by atoms with E-state index in [0.717, 1.165) is 18.9 Å². The van der Waals surface area contributed by atoms with Gasteiger partial charge in [0.05, 0.1) is 17.4 Å². The summed E-state index contributed by atoms with van der Waals surface area (Å²) in [4.78, 5) is 30.4. The van der Waals surface area contributed by atoms with E-state index in [0.29, 0.717) is 30.6 Å². The summed E-state index contributed by atoms with van der Waals surface area (Å²) in [7, 11) is 0. The monoisotopic (exact) mass is 342 g/mol. The Morgan fingerprint density at radius 1 is 1.20 bits per heavy atom. The van der Waals surface area contributed by atoms with Gasteiger partial charge in [0.2, 0.25) is 5.91 Å². The van der Waals surface area contributed by atoms with Crippen LogP contribution in [0.4, 0.5) is 11.5 Å². The molecular weight excluding hydrogens is 320 g/mol. The molecule has 0 radical (unpaired) electrons. The number of hydrogen-bond acceptors (Lipinski definition) is 5. The zero-order valence-electron chi connectivity index (χ0n) is 14.0. The molecule has 0 aliphatic carbocycles. The van der Waals surface area contributed by atoms with Crippen molar-refractivity contribution >= 4 is 23.3 Å². The summed E-state index contributed by atoms with van der Waals surface area (Å²) < 4.78 is 0. The lowest BCUT2D eigenvalue weighted by atomic mass is 10.2. The van der Waals surface area contributed by atoms with E-state index in [1.165, 1.54) is 12.8 Å². The van der Waals surface area contributed by atoms with Crippen molar-refractivity contribution < 1.29 is 9.59 Å². The van der Waals surface area contributed by atoms with Crippen LogP contribution in [0.25, 0.3) is 0 Å². The van der Waals surface area contributed by atoms with Crippen LogP contribution < -0.4 is 15.5 Å². The normalized spacial score (nSPS) is 13.7. The molecule has 0 unspecified atom stereocenters. The van der Waals surface area contributed by atoms with E-state index in [1.807, 2.05) is 6.07 Å². The first-order chi connectivity index (χ1) is 12.2. The highest BCUT2D eigenvalue weighted by Crippen LogP contribution is 2.17. The van der Waals surface area contributed by atoms with Gasteiger partial charge in [0.1, 0.15) is 5.82 Å². The number of anilines is 2. The number of aromatic nitrogens is 3. The smallest absolute Gasteiger partial charge is 0.252 e. The summed E-state index contributed by atoms with van der Waals surface area (Å²) in [5, 5.41) is 11.9. The summed E-state index contributed by atoms with van der Waals surface area (Å²) >= 11 is 0. The molecule has 1 aliphatic rings. The average molecular weight is 342 g/mol. The van der Waals surface area contributed by atoms with Gasteiger partial charge < -0.3 is 15.5 Å². The maximum Gasteiger partial charge on any atom is 0.252 e. The van der Waals surface area contributed by atoms with Crippen LogP contribution in [0.1, 0.15) is 36.0 Å². The second-order valence-corrected chi connectivity index (χ2v) is 5.99. The summed E-state index contributed by atoms with van der Waals surface area (Å²) in [6, 6.07) is 3.68. The molecular formula is C17H22N6O2. The first-order valence-electron chi connectivity index (χ1n) is 8.50. The number of pyridine rings is 1. The molecule has 3 heterocycles. The Labute approximate surface area is 146 Å². The predicted molar refractivity (Wildman–Crippen MR) is 94.5 cm³/mol. The van der Waals surface area contributed by atoms with Crippen molar-refractivity contribution in [3.05, 3.63) is 36.3 Å². The summed E-state index contributed by atoms with van der Waals surface area (Å²) in [6.45, 7) is 2.49. The van der Waals surface area contributed by atoms with Crippen LogP contribution in [0.15, 0.2) is 30.7 Å². The number of carbonyl (C=O) groups is 2. The zero-order chi connectivity index (χ0) is 17.5. The van der Waals surface area contributed by atoms with Crippen LogP contribution in [0.5, 0.6) is 0 Å². The predicted octanol–water partition coefficient (Wildman–Crippen LogP) is 1.55. The topological polar surface area (TPSA) is 103 Å². The number of nitrogens with zero attached hydrogens (tertiary/aromatic N) is 3. The molecule has 1 aliphatic heterocycles. The van der Waals surface area contributed by atoms with Gasteiger partial charge in [-0.15, -0.1) is 0 Å². The van der Waals surface area contributed by atoms with Crippen LogP contribution in [-0.4, -0.2) is 46.6 Å². The number of amides is 2. The first-order valence-corrected chi connectivity index (χ1v) is 8.50. The van der Waals surface area contributed by atoms with Crippen molar-refractivity contribution in [3.63, 3.8) is 0 Å². The van der Waals surface area contributed by atoms with Crippen molar-refractivity contribution in [3.8, 4) is 0 Å². The standard InChI is InChI=1S/C17H22N6O2/c24-16(22-14-11-20-21-12-14)4-3-7-18-17(25)13-5-6-15(19-10-13)23-8-1-2-9-23/h5-6,10-12H,1-4,7-9H2,(H,18,25)(H,20,21)(H,22,24). The molecule has 3 rings (SSSR count). The molecule has 0 atom stereocenters. The minimum Gasteiger partial charge on any atom is -0.357 e. The van der Waals surface area contributed by atoms with Gasteiger partial charge in [0.25, 0.3) is 5.91 Å². The van der Waals surface area contributed by atoms with Gasteiger partial charge in [0.15, 0.2) is 0 Å². The maximum atomic E-state index is 12.1. The van der Waals surface area contributed by atoms with Gasteiger partial charge in [-0.1, -0.05) is 0 Å². The van der Waals surface area contributed by atoms with E-state index in [1.54, 1.807) is 24.7 Å². The molecule has 0 saturated carbocycles. The van der Waals surface area contributed by atoms with Gasteiger partial charge in [-0.25, -0.2) is 4.98 Å². The summed E-state index contributed by atoms with van der Waals surface area (Å²) in [6.07, 6.45) is 8.04. The van der Waals surface area contributed by atoms with Gasteiger partial charge in [-0.05, 0) is 31.4 Å². The number of carbonyl (C=O) groups excluding carboxylic acids is 2. The second kappa shape index (κ2) is 8.27. The average Bonchev–Trinajstić information content (AvgIpc) is 3.32. The molecule has 25 heavy (non-hydrogen) atoms. The number of hydrogen-bond donors (Lipinski definition) is 3. The lowest BCUT2D eigenvalue weighted by Gasteiger charge is -2.16. The minimum absolute atomic E-state index is 0.104. The molecule has 1 saturated heterocycles. The fraction of sp³-hybridized carbons (Fsp3) is 0.412. The summed E-state index contributed by atoms with van der Waals surface area (Å²) in [5.74, 6) is 0.646. The Morgan fingerprint density at radius 2 is 2.04 bits per heavy atom. The van der Waals surface area contributed by atoms with Crippen molar-refractivity contribution in [1.29, 1.82) is 0 Å². The molecule has 0 bridgehead atoms. The third-order valence-electron chi connectivity index (χ3n) is 4.09. The van der Waals surface area contributed by atoms with Crippen molar-refractivity contribution in [2.45, 2.75) is 25.7 Å². The Balaban J connectivity index is 1.38. The van der Waals surface area contributed by atoms with Crippen LogP contribution in [0, 0.1) is 0 Å². The molecule has 8 heteroatoms. The Morgan fingerprint density at radius 3 is 2.72 bits per heavy atom. The molecule has 1 fully saturated rings. The zero-order valence-corrected chi connectivity index (χ0v) is 14.0. The maximum absolute atomic E-state index is 12.1. The van der Waals surface area contributed by atoms with Crippen molar-refractivity contribution in [2.24, 2.45) is 0 Å². The van der Waals surface area contributed by atoms with E-state index in [4.69, 9.17) is 0 Å². The van der Waals surface area contributed by atoms with Gasteiger partial charge in [-0.3, -0.25) is 14.7 Å². The largest absolute Gasteiger partial charge is 0.357 e. The van der Waals surface area contributed by atoms with E-state index in [2.05, 4.69) is 30.7 Å². The lowest BCUT2D eigenvalue weighted by molar-refractivity contribution is -0.116. The fourth-order valence-electron chi connectivity index (χ4n) is 2.75. The van der Waals surface area contributed by atoms with Crippen LogP contribution in [0.2, 0.25) is 0 Å². The van der Waals surface area contributed by atoms with E-state index >= 15 is 0 Å².